The fourth-order valence-corrected chi connectivity index (χ4v) is 2.44. The van der Waals surface area contributed by atoms with Crippen LogP contribution in [0.15, 0.2) is 36.4 Å². The molecule has 2 aromatic carbocycles. The molecule has 1 atom stereocenters. The number of nitrogens with one attached hydrogen (secondary N) is 1. The molecule has 0 aliphatic rings. The minimum absolute atomic E-state index is 0.222. The van der Waals surface area contributed by atoms with Crippen LogP contribution in [-0.4, -0.2) is 5.97 Å². The number of carbonyl (C=O) groups is 1. The molecule has 7 heteroatoms. The van der Waals surface area contributed by atoms with Crippen molar-refractivity contribution in [2.45, 2.75) is 19.4 Å². The van der Waals surface area contributed by atoms with Gasteiger partial charge in [0.25, 0.3) is 0 Å². The highest BCUT2D eigenvalue weighted by atomic mass is 35.5. The number of halogens is 3. The normalized spacial score (nSPS) is 11.5. The van der Waals surface area contributed by atoms with E-state index >= 15 is 0 Å². The Morgan fingerprint density at radius 2 is 1.96 bits per heavy atom. The van der Waals surface area contributed by atoms with Gasteiger partial charge in [-0.1, -0.05) is 41.7 Å². The summed E-state index contributed by atoms with van der Waals surface area (Å²) in [5.74, 6) is -0.116. The lowest BCUT2D eigenvalue weighted by Crippen LogP contribution is -2.13. The number of nitriles is 1. The predicted molar refractivity (Wildman–Crippen MR) is 95.8 cm³/mol. The quantitative estimate of drug-likeness (QED) is 0.536. The van der Waals surface area contributed by atoms with Crippen LogP contribution in [0.2, 0.25) is 15.1 Å². The van der Waals surface area contributed by atoms with E-state index in [1.54, 1.807) is 43.3 Å². The van der Waals surface area contributed by atoms with Crippen molar-refractivity contribution >= 4 is 46.5 Å². The van der Waals surface area contributed by atoms with E-state index in [2.05, 4.69) is 11.4 Å². The Bertz CT molecular complexity index is 803. The van der Waals surface area contributed by atoms with Crippen molar-refractivity contribution in [2.75, 3.05) is 5.32 Å². The van der Waals surface area contributed by atoms with Crippen LogP contribution in [0.3, 0.4) is 0 Å². The fraction of sp³-hybridized carbons (Fsp3) is 0.176. The molecule has 0 spiro atoms. The van der Waals surface area contributed by atoms with E-state index in [4.69, 9.17) is 39.5 Å². The van der Waals surface area contributed by atoms with Gasteiger partial charge < -0.3 is 10.1 Å². The van der Waals surface area contributed by atoms with Crippen LogP contribution in [0.5, 0.6) is 5.75 Å². The van der Waals surface area contributed by atoms with Gasteiger partial charge >= 0.3 is 5.97 Å². The lowest BCUT2D eigenvalue weighted by molar-refractivity contribution is -0.134. The van der Waals surface area contributed by atoms with Crippen molar-refractivity contribution in [1.29, 1.82) is 5.26 Å². The summed E-state index contributed by atoms with van der Waals surface area (Å²) in [6, 6.07) is 11.0. The summed E-state index contributed by atoms with van der Waals surface area (Å²) < 4.78 is 5.28. The third-order valence-electron chi connectivity index (χ3n) is 3.16. The van der Waals surface area contributed by atoms with Crippen LogP contribution in [-0.2, 0) is 4.79 Å². The molecule has 0 radical (unpaired) electrons. The van der Waals surface area contributed by atoms with E-state index < -0.39 is 12.0 Å². The number of rotatable bonds is 5. The predicted octanol–water partition coefficient (Wildman–Crippen LogP) is 5.64. The van der Waals surface area contributed by atoms with Crippen LogP contribution in [0.4, 0.5) is 5.69 Å². The molecule has 2 aromatic rings. The molecule has 0 saturated heterocycles. The SMILES string of the molecule is CCC(=O)Oc1ccc(Cl)cc1C(C#N)Nc1ccc(Cl)c(Cl)c1. The summed E-state index contributed by atoms with van der Waals surface area (Å²) >= 11 is 17.9. The Kier molecular flexibility index (Phi) is 6.33. The topological polar surface area (TPSA) is 62.1 Å². The van der Waals surface area contributed by atoms with E-state index in [9.17, 15) is 10.1 Å². The number of benzene rings is 2. The Morgan fingerprint density at radius 3 is 2.58 bits per heavy atom. The number of ether oxygens (including phenoxy) is 1. The van der Waals surface area contributed by atoms with Crippen molar-refractivity contribution < 1.29 is 9.53 Å². The van der Waals surface area contributed by atoms with Crippen LogP contribution in [0.25, 0.3) is 0 Å². The standard InChI is InChI=1S/C17H13Cl3N2O2/c1-2-17(23)24-16-6-3-10(18)7-12(16)15(9-21)22-11-4-5-13(19)14(20)8-11/h3-8,15,22H,2H2,1H3. The summed E-state index contributed by atoms with van der Waals surface area (Å²) in [6.07, 6.45) is 0.222. The molecule has 1 N–H and O–H groups in total. The largest absolute Gasteiger partial charge is 0.426 e. The maximum atomic E-state index is 11.6. The second kappa shape index (κ2) is 8.25. The van der Waals surface area contributed by atoms with Crippen LogP contribution in [0, 0.1) is 11.3 Å². The third-order valence-corrected chi connectivity index (χ3v) is 4.13. The van der Waals surface area contributed by atoms with Crippen molar-refractivity contribution in [3.8, 4) is 11.8 Å². The van der Waals surface area contributed by atoms with Gasteiger partial charge in [-0.3, -0.25) is 4.79 Å². The number of hydrogen-bond donors (Lipinski definition) is 1. The first-order chi connectivity index (χ1) is 11.4. The molecule has 1 unspecified atom stereocenters. The summed E-state index contributed by atoms with van der Waals surface area (Å²) in [5, 5.41) is 13.7. The van der Waals surface area contributed by atoms with Gasteiger partial charge in [-0.05, 0) is 36.4 Å². The summed E-state index contributed by atoms with van der Waals surface area (Å²) in [5.41, 5.74) is 1.06. The molecule has 4 nitrogen and oxygen atoms in total. The monoisotopic (exact) mass is 382 g/mol. The number of anilines is 1. The zero-order valence-corrected chi connectivity index (χ0v) is 14.9. The summed E-state index contributed by atoms with van der Waals surface area (Å²) in [6.45, 7) is 1.69. The number of hydrogen-bond acceptors (Lipinski definition) is 4. The highest BCUT2D eigenvalue weighted by Crippen LogP contribution is 2.32. The second-order valence-corrected chi connectivity index (χ2v) is 6.10. The molecule has 0 fully saturated rings. The minimum Gasteiger partial charge on any atom is -0.426 e. The summed E-state index contributed by atoms with van der Waals surface area (Å²) in [4.78, 5) is 11.6. The molecular formula is C17H13Cl3N2O2. The van der Waals surface area contributed by atoms with Gasteiger partial charge in [0, 0.05) is 22.7 Å². The van der Waals surface area contributed by atoms with E-state index in [1.807, 2.05) is 0 Å². The average molecular weight is 384 g/mol. The number of esters is 1. The molecule has 0 amide bonds. The zero-order valence-electron chi connectivity index (χ0n) is 12.6. The van der Waals surface area contributed by atoms with Gasteiger partial charge in [0.15, 0.2) is 0 Å². The Hall–Kier alpha value is -1.93. The fourth-order valence-electron chi connectivity index (χ4n) is 1.96. The maximum absolute atomic E-state index is 11.6. The van der Waals surface area contributed by atoms with Gasteiger partial charge in [-0.25, -0.2) is 0 Å². The minimum atomic E-state index is -0.791. The summed E-state index contributed by atoms with van der Waals surface area (Å²) in [7, 11) is 0. The highest BCUT2D eigenvalue weighted by Gasteiger charge is 2.18. The van der Waals surface area contributed by atoms with Gasteiger partial charge in [0.1, 0.15) is 11.8 Å². The van der Waals surface area contributed by atoms with Crippen molar-refractivity contribution in [3.05, 3.63) is 57.0 Å². The van der Waals surface area contributed by atoms with Crippen LogP contribution < -0.4 is 10.1 Å². The lowest BCUT2D eigenvalue weighted by atomic mass is 10.1. The van der Waals surface area contributed by atoms with E-state index in [1.165, 1.54) is 0 Å². The average Bonchev–Trinajstić information content (AvgIpc) is 2.57. The van der Waals surface area contributed by atoms with Gasteiger partial charge in [0.05, 0.1) is 16.1 Å². The smallest absolute Gasteiger partial charge is 0.310 e. The molecule has 0 saturated carbocycles. The molecule has 124 valence electrons. The Morgan fingerprint density at radius 1 is 1.21 bits per heavy atom. The third kappa shape index (κ3) is 4.55. The molecule has 0 aliphatic carbocycles. The van der Waals surface area contributed by atoms with E-state index in [-0.39, 0.29) is 12.2 Å². The van der Waals surface area contributed by atoms with Gasteiger partial charge in [0.2, 0.25) is 0 Å². The van der Waals surface area contributed by atoms with Gasteiger partial charge in [-0.2, -0.15) is 5.26 Å². The molecular weight excluding hydrogens is 371 g/mol. The molecule has 0 aliphatic heterocycles. The van der Waals surface area contributed by atoms with E-state index in [0.717, 1.165) is 0 Å². The molecule has 0 heterocycles. The first kappa shape index (κ1) is 18.4. The number of carbonyl (C=O) groups excluding carboxylic acids is 1. The van der Waals surface area contributed by atoms with Gasteiger partial charge in [-0.15, -0.1) is 0 Å². The van der Waals surface area contributed by atoms with Crippen LogP contribution in [0.1, 0.15) is 24.9 Å². The Labute approximate surface area is 154 Å². The first-order valence-corrected chi connectivity index (χ1v) is 8.19. The van der Waals surface area contributed by atoms with E-state index in [0.29, 0.717) is 26.3 Å². The Balaban J connectivity index is 2.35. The molecule has 0 bridgehead atoms. The highest BCUT2D eigenvalue weighted by molar-refractivity contribution is 6.42. The van der Waals surface area contributed by atoms with Crippen LogP contribution >= 0.6 is 34.8 Å². The molecule has 0 aromatic heterocycles. The lowest BCUT2D eigenvalue weighted by Gasteiger charge is -2.17. The molecule has 24 heavy (non-hydrogen) atoms. The molecule has 2 rings (SSSR count). The van der Waals surface area contributed by atoms with Crippen molar-refractivity contribution in [3.63, 3.8) is 0 Å². The van der Waals surface area contributed by atoms with Crippen molar-refractivity contribution in [2.24, 2.45) is 0 Å². The zero-order chi connectivity index (χ0) is 17.7. The number of nitrogens with zero attached hydrogens (tertiary/aromatic N) is 1. The maximum Gasteiger partial charge on any atom is 0.310 e. The van der Waals surface area contributed by atoms with Crippen molar-refractivity contribution in [1.82, 2.24) is 0 Å². The second-order valence-electron chi connectivity index (χ2n) is 4.85. The first-order valence-electron chi connectivity index (χ1n) is 7.06.